The van der Waals surface area contributed by atoms with Crippen LogP contribution in [0.4, 0.5) is 0 Å². The Balaban J connectivity index is 2.37. The van der Waals surface area contributed by atoms with Gasteiger partial charge in [-0.15, -0.1) is 0 Å². The summed E-state index contributed by atoms with van der Waals surface area (Å²) in [6, 6.07) is 0.742. The van der Waals surface area contributed by atoms with E-state index in [1.807, 2.05) is 6.92 Å². The number of nitrogens with one attached hydrogen (secondary N) is 1. The molecule has 0 radical (unpaired) electrons. The summed E-state index contributed by atoms with van der Waals surface area (Å²) in [6.07, 6.45) is 6.94. The first-order chi connectivity index (χ1) is 8.67. The Kier molecular flexibility index (Phi) is 7.28. The van der Waals surface area contributed by atoms with Crippen LogP contribution in [-0.2, 0) is 4.79 Å². The van der Waals surface area contributed by atoms with E-state index in [1.54, 1.807) is 0 Å². The molecule has 1 rings (SSSR count). The predicted octanol–water partition coefficient (Wildman–Crippen LogP) is 1.53. The standard InChI is InChI=1S/C14H28N2O2/c1-3-6-12(2)15-14(18)11-16(9-10-17)13-7-4-5-8-13/h12-13,17H,3-11H2,1-2H3,(H,15,18). The van der Waals surface area contributed by atoms with Gasteiger partial charge < -0.3 is 10.4 Å². The van der Waals surface area contributed by atoms with E-state index in [0.29, 0.717) is 19.1 Å². The minimum atomic E-state index is 0.0938. The van der Waals surface area contributed by atoms with Crippen LogP contribution in [0.2, 0.25) is 0 Å². The van der Waals surface area contributed by atoms with E-state index in [2.05, 4.69) is 17.1 Å². The molecule has 2 N–H and O–H groups in total. The topological polar surface area (TPSA) is 52.6 Å². The lowest BCUT2D eigenvalue weighted by atomic mass is 10.2. The van der Waals surface area contributed by atoms with E-state index in [4.69, 9.17) is 5.11 Å². The number of carbonyl (C=O) groups is 1. The summed E-state index contributed by atoms with van der Waals surface area (Å²) >= 11 is 0. The third kappa shape index (κ3) is 5.36. The molecule has 1 aliphatic rings. The van der Waals surface area contributed by atoms with E-state index >= 15 is 0 Å². The van der Waals surface area contributed by atoms with Crippen LogP contribution in [-0.4, -0.2) is 47.7 Å². The molecule has 0 heterocycles. The highest BCUT2D eigenvalue weighted by Crippen LogP contribution is 2.22. The summed E-state index contributed by atoms with van der Waals surface area (Å²) in [5.41, 5.74) is 0. The van der Waals surface area contributed by atoms with Gasteiger partial charge in [0, 0.05) is 18.6 Å². The van der Waals surface area contributed by atoms with Crippen LogP contribution in [0.1, 0.15) is 52.4 Å². The number of aliphatic hydroxyl groups is 1. The Morgan fingerprint density at radius 3 is 2.67 bits per heavy atom. The van der Waals surface area contributed by atoms with Crippen molar-refractivity contribution in [2.45, 2.75) is 64.5 Å². The summed E-state index contributed by atoms with van der Waals surface area (Å²) in [5, 5.41) is 12.1. The Morgan fingerprint density at radius 1 is 1.44 bits per heavy atom. The average Bonchev–Trinajstić information content (AvgIpc) is 2.81. The van der Waals surface area contributed by atoms with E-state index in [-0.39, 0.29) is 18.6 Å². The van der Waals surface area contributed by atoms with Crippen LogP contribution in [0.25, 0.3) is 0 Å². The lowest BCUT2D eigenvalue weighted by molar-refractivity contribution is -0.123. The first-order valence-corrected chi connectivity index (χ1v) is 7.31. The van der Waals surface area contributed by atoms with Crippen molar-refractivity contribution < 1.29 is 9.90 Å². The fraction of sp³-hybridized carbons (Fsp3) is 0.929. The number of hydrogen-bond acceptors (Lipinski definition) is 3. The fourth-order valence-corrected chi connectivity index (χ4v) is 2.80. The Morgan fingerprint density at radius 2 is 2.11 bits per heavy atom. The van der Waals surface area contributed by atoms with Gasteiger partial charge in [0.15, 0.2) is 0 Å². The maximum absolute atomic E-state index is 11.9. The number of carbonyl (C=O) groups excluding carboxylic acids is 1. The zero-order valence-electron chi connectivity index (χ0n) is 11.8. The molecule has 1 saturated carbocycles. The lowest BCUT2D eigenvalue weighted by Crippen LogP contribution is -2.45. The highest BCUT2D eigenvalue weighted by Gasteiger charge is 2.24. The largest absolute Gasteiger partial charge is 0.395 e. The Labute approximate surface area is 111 Å². The molecule has 1 atom stereocenters. The third-order valence-electron chi connectivity index (χ3n) is 3.70. The molecule has 0 aromatic carbocycles. The van der Waals surface area contributed by atoms with Crippen LogP contribution in [0.5, 0.6) is 0 Å². The van der Waals surface area contributed by atoms with E-state index in [9.17, 15) is 4.79 Å². The first kappa shape index (κ1) is 15.4. The van der Waals surface area contributed by atoms with Crippen LogP contribution in [0.15, 0.2) is 0 Å². The minimum absolute atomic E-state index is 0.0938. The number of aliphatic hydroxyl groups excluding tert-OH is 1. The van der Waals surface area contributed by atoms with Crippen molar-refractivity contribution in [3.05, 3.63) is 0 Å². The van der Waals surface area contributed by atoms with Gasteiger partial charge in [0.25, 0.3) is 0 Å². The molecule has 1 fully saturated rings. The third-order valence-corrected chi connectivity index (χ3v) is 3.70. The van der Waals surface area contributed by atoms with Crippen molar-refractivity contribution in [3.8, 4) is 0 Å². The van der Waals surface area contributed by atoms with Gasteiger partial charge in [-0.3, -0.25) is 9.69 Å². The maximum atomic E-state index is 11.9. The lowest BCUT2D eigenvalue weighted by Gasteiger charge is -2.28. The van der Waals surface area contributed by atoms with Gasteiger partial charge in [0.2, 0.25) is 5.91 Å². The van der Waals surface area contributed by atoms with Crippen LogP contribution in [0.3, 0.4) is 0 Å². The highest BCUT2D eigenvalue weighted by atomic mass is 16.3. The molecule has 1 aliphatic carbocycles. The average molecular weight is 256 g/mol. The molecule has 1 unspecified atom stereocenters. The molecule has 0 aliphatic heterocycles. The summed E-state index contributed by atoms with van der Waals surface area (Å²) in [4.78, 5) is 14.1. The minimum Gasteiger partial charge on any atom is -0.395 e. The molecule has 0 spiro atoms. The zero-order chi connectivity index (χ0) is 13.4. The van der Waals surface area contributed by atoms with Gasteiger partial charge >= 0.3 is 0 Å². The SMILES string of the molecule is CCCC(C)NC(=O)CN(CCO)C1CCCC1. The molecule has 4 nitrogen and oxygen atoms in total. The van der Waals surface area contributed by atoms with Crippen LogP contribution < -0.4 is 5.32 Å². The maximum Gasteiger partial charge on any atom is 0.234 e. The second-order valence-electron chi connectivity index (χ2n) is 5.39. The first-order valence-electron chi connectivity index (χ1n) is 7.31. The number of rotatable bonds is 8. The predicted molar refractivity (Wildman–Crippen MR) is 73.4 cm³/mol. The van der Waals surface area contributed by atoms with Gasteiger partial charge in [0.05, 0.1) is 13.2 Å². The molecule has 0 saturated heterocycles. The Bertz CT molecular complexity index is 240. The molecular formula is C14H28N2O2. The Hall–Kier alpha value is -0.610. The second-order valence-corrected chi connectivity index (χ2v) is 5.39. The number of amides is 1. The molecule has 106 valence electrons. The van der Waals surface area contributed by atoms with Crippen molar-refractivity contribution in [3.63, 3.8) is 0 Å². The van der Waals surface area contributed by atoms with Gasteiger partial charge in [-0.25, -0.2) is 0 Å². The molecule has 1 amide bonds. The van der Waals surface area contributed by atoms with Gasteiger partial charge in [0.1, 0.15) is 0 Å². The van der Waals surface area contributed by atoms with Crippen LogP contribution in [0, 0.1) is 0 Å². The zero-order valence-corrected chi connectivity index (χ0v) is 11.8. The fourth-order valence-electron chi connectivity index (χ4n) is 2.80. The summed E-state index contributed by atoms with van der Waals surface area (Å²) in [5.74, 6) is 0.0938. The van der Waals surface area contributed by atoms with E-state index in [1.165, 1.54) is 12.8 Å². The molecule has 0 bridgehead atoms. The van der Waals surface area contributed by atoms with Crippen molar-refractivity contribution in [2.75, 3.05) is 19.7 Å². The molecule has 18 heavy (non-hydrogen) atoms. The monoisotopic (exact) mass is 256 g/mol. The number of hydrogen-bond donors (Lipinski definition) is 2. The summed E-state index contributed by atoms with van der Waals surface area (Å²) < 4.78 is 0. The highest BCUT2D eigenvalue weighted by molar-refractivity contribution is 5.78. The molecule has 4 heteroatoms. The van der Waals surface area contributed by atoms with Crippen molar-refractivity contribution in [1.29, 1.82) is 0 Å². The summed E-state index contributed by atoms with van der Waals surface area (Å²) in [6.45, 7) is 5.35. The van der Waals surface area contributed by atoms with Crippen LogP contribution >= 0.6 is 0 Å². The summed E-state index contributed by atoms with van der Waals surface area (Å²) in [7, 11) is 0. The van der Waals surface area contributed by atoms with Gasteiger partial charge in [-0.2, -0.15) is 0 Å². The molecule has 0 aromatic rings. The van der Waals surface area contributed by atoms with Crippen molar-refractivity contribution in [2.24, 2.45) is 0 Å². The van der Waals surface area contributed by atoms with E-state index < -0.39 is 0 Å². The number of nitrogens with zero attached hydrogens (tertiary/aromatic N) is 1. The normalized spacial score (nSPS) is 18.2. The van der Waals surface area contributed by atoms with Crippen molar-refractivity contribution in [1.82, 2.24) is 10.2 Å². The van der Waals surface area contributed by atoms with Gasteiger partial charge in [-0.1, -0.05) is 26.2 Å². The quantitative estimate of drug-likeness (QED) is 0.692. The molecule has 0 aromatic heterocycles. The van der Waals surface area contributed by atoms with Gasteiger partial charge in [-0.05, 0) is 26.2 Å². The van der Waals surface area contributed by atoms with Crippen molar-refractivity contribution >= 4 is 5.91 Å². The second kappa shape index (κ2) is 8.48. The smallest absolute Gasteiger partial charge is 0.234 e. The van der Waals surface area contributed by atoms with E-state index in [0.717, 1.165) is 25.7 Å². The molecular weight excluding hydrogens is 228 g/mol.